The zero-order valence-corrected chi connectivity index (χ0v) is 13.0. The van der Waals surface area contributed by atoms with Crippen molar-refractivity contribution in [1.82, 2.24) is 4.72 Å². The predicted molar refractivity (Wildman–Crippen MR) is 74.4 cm³/mol. The van der Waals surface area contributed by atoms with Crippen LogP contribution in [-0.4, -0.2) is 32.2 Å². The molecule has 0 bridgehead atoms. The first-order valence-electron chi connectivity index (χ1n) is 6.32. The summed E-state index contributed by atoms with van der Waals surface area (Å²) in [6.45, 7) is 1.87. The number of esters is 1. The molecule has 0 atom stereocenters. The Hall–Kier alpha value is -1.94. The van der Waals surface area contributed by atoms with Crippen LogP contribution in [0, 0.1) is 0 Å². The number of sulfonamides is 1. The van der Waals surface area contributed by atoms with Crippen LogP contribution < -0.4 is 9.46 Å². The van der Waals surface area contributed by atoms with Crippen molar-refractivity contribution in [1.29, 1.82) is 0 Å². The molecule has 1 N–H and O–H groups in total. The van der Waals surface area contributed by atoms with Crippen LogP contribution in [0.2, 0.25) is 0 Å². The fourth-order valence-corrected chi connectivity index (χ4v) is 2.17. The number of ether oxygens (including phenoxy) is 1. The molecule has 0 saturated carbocycles. The minimum absolute atomic E-state index is 0.00333. The Bertz CT molecular complexity index is 713. The molecule has 1 aromatic rings. The van der Waals surface area contributed by atoms with Crippen molar-refractivity contribution in [3.8, 4) is 5.75 Å². The van der Waals surface area contributed by atoms with Crippen LogP contribution in [0.3, 0.4) is 0 Å². The fourth-order valence-electron chi connectivity index (χ4n) is 1.63. The van der Waals surface area contributed by atoms with Crippen LogP contribution in [0.4, 0.5) is 13.2 Å². The SMILES string of the molecule is CC(=O)Oc1cc(C(C)=O)ccc1CCNS(=O)(=O)C(F)(F)F. The Balaban J connectivity index is 2.92. The molecule has 6 nitrogen and oxygen atoms in total. The second kappa shape index (κ2) is 7.09. The van der Waals surface area contributed by atoms with E-state index in [9.17, 15) is 31.2 Å². The third kappa shape index (κ3) is 5.32. The summed E-state index contributed by atoms with van der Waals surface area (Å²) in [5, 5.41) is 0. The van der Waals surface area contributed by atoms with E-state index in [0.717, 1.165) is 6.92 Å². The minimum atomic E-state index is -5.44. The normalized spacial score (nSPS) is 12.0. The first-order valence-corrected chi connectivity index (χ1v) is 7.80. The minimum Gasteiger partial charge on any atom is -0.426 e. The van der Waals surface area contributed by atoms with Crippen LogP contribution in [0.25, 0.3) is 0 Å². The first kappa shape index (κ1) is 19.1. The molecule has 0 amide bonds. The van der Waals surface area contributed by atoms with E-state index in [-0.39, 0.29) is 29.1 Å². The predicted octanol–water partition coefficient (Wildman–Crippen LogP) is 1.80. The van der Waals surface area contributed by atoms with Gasteiger partial charge in [0.25, 0.3) is 0 Å². The standard InChI is InChI=1S/C13H14F3NO5S/c1-8(18)11-4-3-10(12(7-11)22-9(2)19)5-6-17-23(20,21)13(14,15)16/h3-4,7,17H,5-6H2,1-2H3. The molecule has 0 aliphatic rings. The lowest BCUT2D eigenvalue weighted by molar-refractivity contribution is -0.131. The Morgan fingerprint density at radius 2 is 1.83 bits per heavy atom. The van der Waals surface area contributed by atoms with E-state index in [1.54, 1.807) is 0 Å². The van der Waals surface area contributed by atoms with Gasteiger partial charge in [0.05, 0.1) is 0 Å². The van der Waals surface area contributed by atoms with Gasteiger partial charge < -0.3 is 4.74 Å². The number of benzene rings is 1. The molecule has 23 heavy (non-hydrogen) atoms. The molecule has 1 rings (SSSR count). The van der Waals surface area contributed by atoms with E-state index in [2.05, 4.69) is 0 Å². The number of ketones is 1. The molecular formula is C13H14F3NO5S. The average molecular weight is 353 g/mol. The van der Waals surface area contributed by atoms with Gasteiger partial charge in [0.1, 0.15) is 5.75 Å². The van der Waals surface area contributed by atoms with Gasteiger partial charge in [-0.3, -0.25) is 9.59 Å². The number of carbonyl (C=O) groups excluding carboxylic acids is 2. The summed E-state index contributed by atoms with van der Waals surface area (Å²) in [6, 6.07) is 4.07. The van der Waals surface area contributed by atoms with Crippen molar-refractivity contribution < 1.29 is 35.9 Å². The average Bonchev–Trinajstić information content (AvgIpc) is 2.38. The Morgan fingerprint density at radius 3 is 2.30 bits per heavy atom. The van der Waals surface area contributed by atoms with Gasteiger partial charge in [-0.15, -0.1) is 0 Å². The van der Waals surface area contributed by atoms with Gasteiger partial charge >= 0.3 is 21.5 Å². The highest BCUT2D eigenvalue weighted by Crippen LogP contribution is 2.23. The van der Waals surface area contributed by atoms with Gasteiger partial charge in [-0.05, 0) is 25.0 Å². The quantitative estimate of drug-likeness (QED) is 0.478. The number of halogens is 3. The summed E-state index contributed by atoms with van der Waals surface area (Å²) in [5.74, 6) is -0.970. The lowest BCUT2D eigenvalue weighted by atomic mass is 10.1. The molecule has 0 radical (unpaired) electrons. The molecular weight excluding hydrogens is 339 g/mol. The van der Waals surface area contributed by atoms with Crippen molar-refractivity contribution in [3.05, 3.63) is 29.3 Å². The van der Waals surface area contributed by atoms with Crippen molar-refractivity contribution in [2.45, 2.75) is 25.8 Å². The van der Waals surface area contributed by atoms with Gasteiger partial charge in [-0.2, -0.15) is 13.2 Å². The lowest BCUT2D eigenvalue weighted by Crippen LogP contribution is -2.37. The van der Waals surface area contributed by atoms with Crippen LogP contribution in [0.1, 0.15) is 29.8 Å². The number of nitrogens with one attached hydrogen (secondary N) is 1. The largest absolute Gasteiger partial charge is 0.511 e. The number of Topliss-reactive ketones (excluding diaryl/α,β-unsaturated/α-hetero) is 1. The maximum atomic E-state index is 12.2. The van der Waals surface area contributed by atoms with Crippen LogP contribution >= 0.6 is 0 Å². The maximum Gasteiger partial charge on any atom is 0.511 e. The zero-order chi connectivity index (χ0) is 17.8. The Labute approximate surface area is 130 Å². The monoisotopic (exact) mass is 353 g/mol. The lowest BCUT2D eigenvalue weighted by Gasteiger charge is -2.12. The molecule has 0 saturated heterocycles. The van der Waals surface area contributed by atoms with Crippen LogP contribution in [-0.2, 0) is 21.2 Å². The first-order chi connectivity index (χ1) is 10.4. The summed E-state index contributed by atoms with van der Waals surface area (Å²) >= 11 is 0. The molecule has 0 fully saturated rings. The molecule has 0 aliphatic heterocycles. The van der Waals surface area contributed by atoms with Gasteiger partial charge in [0.15, 0.2) is 5.78 Å². The maximum absolute atomic E-state index is 12.2. The van der Waals surface area contributed by atoms with Crippen molar-refractivity contribution in [2.24, 2.45) is 0 Å². The topological polar surface area (TPSA) is 89.5 Å². The summed E-state index contributed by atoms with van der Waals surface area (Å²) in [6.07, 6.45) is -0.157. The second-order valence-electron chi connectivity index (χ2n) is 4.57. The van der Waals surface area contributed by atoms with E-state index in [1.165, 1.54) is 29.8 Å². The molecule has 0 heterocycles. The molecule has 1 aromatic carbocycles. The van der Waals surface area contributed by atoms with Gasteiger partial charge in [0, 0.05) is 19.0 Å². The number of alkyl halides is 3. The molecule has 10 heteroatoms. The van der Waals surface area contributed by atoms with Gasteiger partial charge in [-0.1, -0.05) is 12.1 Å². The highest BCUT2D eigenvalue weighted by Gasteiger charge is 2.45. The van der Waals surface area contributed by atoms with Crippen LogP contribution in [0.15, 0.2) is 18.2 Å². The molecule has 0 unspecified atom stereocenters. The Morgan fingerprint density at radius 1 is 1.22 bits per heavy atom. The second-order valence-corrected chi connectivity index (χ2v) is 6.32. The van der Waals surface area contributed by atoms with Crippen LogP contribution in [0.5, 0.6) is 5.75 Å². The molecule has 0 aromatic heterocycles. The summed E-state index contributed by atoms with van der Waals surface area (Å²) < 4.78 is 64.7. The fraction of sp³-hybridized carbons (Fsp3) is 0.385. The van der Waals surface area contributed by atoms with E-state index in [0.29, 0.717) is 0 Å². The zero-order valence-electron chi connectivity index (χ0n) is 12.2. The number of carbonyl (C=O) groups is 2. The van der Waals surface area contributed by atoms with E-state index in [4.69, 9.17) is 4.74 Å². The van der Waals surface area contributed by atoms with Crippen molar-refractivity contribution >= 4 is 21.8 Å². The van der Waals surface area contributed by atoms with E-state index < -0.39 is 28.0 Å². The van der Waals surface area contributed by atoms with Gasteiger partial charge in [0.2, 0.25) is 0 Å². The molecule has 0 aliphatic carbocycles. The van der Waals surface area contributed by atoms with Crippen molar-refractivity contribution in [2.75, 3.05) is 6.54 Å². The third-order valence-electron chi connectivity index (χ3n) is 2.72. The molecule has 0 spiro atoms. The third-order valence-corrected chi connectivity index (χ3v) is 3.91. The highest BCUT2D eigenvalue weighted by molar-refractivity contribution is 7.90. The summed E-state index contributed by atoms with van der Waals surface area (Å²) in [7, 11) is -5.44. The number of rotatable bonds is 6. The molecule has 128 valence electrons. The van der Waals surface area contributed by atoms with E-state index in [1.807, 2.05) is 0 Å². The highest BCUT2D eigenvalue weighted by atomic mass is 32.2. The van der Waals surface area contributed by atoms with E-state index >= 15 is 0 Å². The summed E-state index contributed by atoms with van der Waals surface area (Å²) in [5.41, 5.74) is -4.86. The van der Waals surface area contributed by atoms with Crippen molar-refractivity contribution in [3.63, 3.8) is 0 Å². The number of hydrogen-bond donors (Lipinski definition) is 1. The Kier molecular flexibility index (Phi) is 5.89. The summed E-state index contributed by atoms with van der Waals surface area (Å²) in [4.78, 5) is 22.3. The smallest absolute Gasteiger partial charge is 0.426 e. The van der Waals surface area contributed by atoms with Gasteiger partial charge in [-0.25, -0.2) is 13.1 Å². The number of hydrogen-bond acceptors (Lipinski definition) is 5.